The smallest absolute Gasteiger partial charge is 0.244 e. The number of hydrogen-bond donors (Lipinski definition) is 1. The van der Waals surface area contributed by atoms with E-state index in [9.17, 15) is 13.2 Å². The SMILES string of the molecule is COc1ccc(Cl)cc1NC(=O)C1CCN(S(=O)(=O)c2cccnc2)CC1. The number of carbonyl (C=O) groups is 1. The van der Waals surface area contributed by atoms with Gasteiger partial charge in [0, 0.05) is 36.4 Å². The number of sulfonamides is 1. The zero-order valence-electron chi connectivity index (χ0n) is 14.8. The van der Waals surface area contributed by atoms with Crippen LogP contribution in [-0.4, -0.2) is 43.8 Å². The molecule has 2 heterocycles. The Morgan fingerprint density at radius 1 is 1.30 bits per heavy atom. The van der Waals surface area contributed by atoms with Gasteiger partial charge >= 0.3 is 0 Å². The van der Waals surface area contributed by atoms with Crippen molar-refractivity contribution in [2.24, 2.45) is 5.92 Å². The van der Waals surface area contributed by atoms with E-state index in [0.717, 1.165) is 0 Å². The van der Waals surface area contributed by atoms with E-state index in [1.54, 1.807) is 24.3 Å². The summed E-state index contributed by atoms with van der Waals surface area (Å²) in [7, 11) is -2.07. The lowest BCUT2D eigenvalue weighted by atomic mass is 9.97. The monoisotopic (exact) mass is 409 g/mol. The number of nitrogens with zero attached hydrogens (tertiary/aromatic N) is 2. The summed E-state index contributed by atoms with van der Waals surface area (Å²) in [5.74, 6) is 0.0624. The number of methoxy groups -OCH3 is 1. The van der Waals surface area contributed by atoms with Crippen molar-refractivity contribution >= 4 is 33.2 Å². The topological polar surface area (TPSA) is 88.6 Å². The van der Waals surface area contributed by atoms with Crippen molar-refractivity contribution in [3.8, 4) is 5.75 Å². The lowest BCUT2D eigenvalue weighted by Gasteiger charge is -2.30. The summed E-state index contributed by atoms with van der Waals surface area (Å²) in [6.07, 6.45) is 3.74. The van der Waals surface area contributed by atoms with E-state index >= 15 is 0 Å². The van der Waals surface area contributed by atoms with Gasteiger partial charge in [-0.25, -0.2) is 8.42 Å². The van der Waals surface area contributed by atoms with Gasteiger partial charge in [-0.1, -0.05) is 11.6 Å². The first-order valence-corrected chi connectivity index (χ1v) is 10.3. The molecule has 2 aromatic rings. The minimum absolute atomic E-state index is 0.163. The van der Waals surface area contributed by atoms with Gasteiger partial charge in [-0.05, 0) is 43.2 Å². The van der Waals surface area contributed by atoms with Crippen molar-refractivity contribution in [2.45, 2.75) is 17.7 Å². The number of hydrogen-bond acceptors (Lipinski definition) is 5. The first-order valence-electron chi connectivity index (χ1n) is 8.46. The molecule has 1 fully saturated rings. The molecule has 0 unspecified atom stereocenters. The molecule has 0 radical (unpaired) electrons. The predicted molar refractivity (Wildman–Crippen MR) is 102 cm³/mol. The van der Waals surface area contributed by atoms with Crippen molar-refractivity contribution in [1.82, 2.24) is 9.29 Å². The predicted octanol–water partition coefficient (Wildman–Crippen LogP) is 2.78. The van der Waals surface area contributed by atoms with Gasteiger partial charge in [0.05, 0.1) is 12.8 Å². The first kappa shape index (κ1) is 19.6. The fourth-order valence-electron chi connectivity index (χ4n) is 3.02. The first-order chi connectivity index (χ1) is 12.9. The highest BCUT2D eigenvalue weighted by Gasteiger charge is 2.32. The third kappa shape index (κ3) is 4.40. The molecule has 1 saturated heterocycles. The molecule has 0 spiro atoms. The summed E-state index contributed by atoms with van der Waals surface area (Å²) in [5, 5.41) is 3.32. The Labute approximate surface area is 163 Å². The van der Waals surface area contributed by atoms with Crippen LogP contribution in [0, 0.1) is 5.92 Å². The van der Waals surface area contributed by atoms with Gasteiger partial charge in [-0.3, -0.25) is 9.78 Å². The lowest BCUT2D eigenvalue weighted by molar-refractivity contribution is -0.120. The fourth-order valence-corrected chi connectivity index (χ4v) is 4.63. The van der Waals surface area contributed by atoms with Crippen LogP contribution in [0.1, 0.15) is 12.8 Å². The van der Waals surface area contributed by atoms with E-state index in [-0.39, 0.29) is 29.8 Å². The Balaban J connectivity index is 1.64. The number of ether oxygens (including phenoxy) is 1. The highest BCUT2D eigenvalue weighted by atomic mass is 35.5. The maximum absolute atomic E-state index is 12.6. The average Bonchev–Trinajstić information content (AvgIpc) is 2.69. The largest absolute Gasteiger partial charge is 0.495 e. The van der Waals surface area contributed by atoms with Crippen molar-refractivity contribution in [2.75, 3.05) is 25.5 Å². The summed E-state index contributed by atoms with van der Waals surface area (Å²) in [6.45, 7) is 0.560. The standard InChI is InChI=1S/C18H20ClN3O4S/c1-26-17-5-4-14(19)11-16(17)21-18(23)13-6-9-22(10-7-13)27(24,25)15-3-2-8-20-12-15/h2-5,8,11-13H,6-7,9-10H2,1H3,(H,21,23). The van der Waals surface area contributed by atoms with Crippen LogP contribution in [0.5, 0.6) is 5.75 Å². The lowest BCUT2D eigenvalue weighted by Crippen LogP contribution is -2.41. The molecule has 1 aliphatic rings. The fraction of sp³-hybridized carbons (Fsp3) is 0.333. The number of piperidine rings is 1. The van der Waals surface area contributed by atoms with Crippen molar-refractivity contribution < 1.29 is 17.9 Å². The highest BCUT2D eigenvalue weighted by molar-refractivity contribution is 7.89. The molecule has 9 heteroatoms. The Bertz CT molecular complexity index is 913. The second kappa shape index (κ2) is 8.24. The molecule has 0 saturated carbocycles. The molecule has 1 aromatic carbocycles. The van der Waals surface area contributed by atoms with Gasteiger partial charge in [0.15, 0.2) is 0 Å². The zero-order valence-corrected chi connectivity index (χ0v) is 16.3. The van der Waals surface area contributed by atoms with Crippen molar-refractivity contribution in [1.29, 1.82) is 0 Å². The molecule has 144 valence electrons. The van der Waals surface area contributed by atoms with Crippen LogP contribution in [0.25, 0.3) is 0 Å². The second-order valence-electron chi connectivity index (χ2n) is 6.20. The Morgan fingerprint density at radius 3 is 2.67 bits per heavy atom. The van der Waals surface area contributed by atoms with E-state index in [0.29, 0.717) is 29.3 Å². The minimum Gasteiger partial charge on any atom is -0.495 e. The number of pyridine rings is 1. The minimum atomic E-state index is -3.58. The molecule has 1 N–H and O–H groups in total. The number of halogens is 1. The number of aromatic nitrogens is 1. The van der Waals surface area contributed by atoms with Crippen LogP contribution in [0.15, 0.2) is 47.6 Å². The molecule has 1 aromatic heterocycles. The Kier molecular flexibility index (Phi) is 5.98. The van der Waals surface area contributed by atoms with Crippen molar-refractivity contribution in [3.63, 3.8) is 0 Å². The normalized spacial score (nSPS) is 16.1. The maximum Gasteiger partial charge on any atom is 0.244 e. The summed E-state index contributed by atoms with van der Waals surface area (Å²) in [6, 6.07) is 8.09. The molecule has 3 rings (SSSR count). The summed E-state index contributed by atoms with van der Waals surface area (Å²) in [5.41, 5.74) is 0.500. The van der Waals surface area contributed by atoms with Crippen LogP contribution in [0.4, 0.5) is 5.69 Å². The van der Waals surface area contributed by atoms with Crippen LogP contribution in [0.3, 0.4) is 0 Å². The third-order valence-corrected chi connectivity index (χ3v) is 6.63. The Hall–Kier alpha value is -2.16. The summed E-state index contributed by atoms with van der Waals surface area (Å²) >= 11 is 5.99. The number of benzene rings is 1. The second-order valence-corrected chi connectivity index (χ2v) is 8.58. The van der Waals surface area contributed by atoms with Crippen LogP contribution >= 0.6 is 11.6 Å². The van der Waals surface area contributed by atoms with E-state index in [2.05, 4.69) is 10.3 Å². The zero-order chi connectivity index (χ0) is 19.4. The number of anilines is 1. The Morgan fingerprint density at radius 2 is 2.04 bits per heavy atom. The molecule has 7 nitrogen and oxygen atoms in total. The quantitative estimate of drug-likeness (QED) is 0.820. The van der Waals surface area contributed by atoms with Gasteiger partial charge in [-0.15, -0.1) is 0 Å². The number of amides is 1. The van der Waals surface area contributed by atoms with E-state index < -0.39 is 10.0 Å². The van der Waals surface area contributed by atoms with Gasteiger partial charge in [0.1, 0.15) is 10.6 Å². The summed E-state index contributed by atoms with van der Waals surface area (Å²) < 4.78 is 31.9. The molecule has 0 aliphatic carbocycles. The van der Waals surface area contributed by atoms with Crippen LogP contribution in [-0.2, 0) is 14.8 Å². The maximum atomic E-state index is 12.6. The van der Waals surface area contributed by atoms with Gasteiger partial charge in [0.25, 0.3) is 0 Å². The summed E-state index contributed by atoms with van der Waals surface area (Å²) in [4.78, 5) is 16.6. The van der Waals surface area contributed by atoms with Crippen LogP contribution < -0.4 is 10.1 Å². The molecule has 1 amide bonds. The molecular formula is C18H20ClN3O4S. The van der Waals surface area contributed by atoms with Gasteiger partial charge in [-0.2, -0.15) is 4.31 Å². The van der Waals surface area contributed by atoms with Crippen molar-refractivity contribution in [3.05, 3.63) is 47.7 Å². The molecule has 1 aliphatic heterocycles. The molecule has 0 bridgehead atoms. The molecular weight excluding hydrogens is 390 g/mol. The van der Waals surface area contributed by atoms with E-state index in [1.807, 2.05) is 0 Å². The van der Waals surface area contributed by atoms with E-state index in [4.69, 9.17) is 16.3 Å². The average molecular weight is 410 g/mol. The molecule has 27 heavy (non-hydrogen) atoms. The third-order valence-electron chi connectivity index (χ3n) is 4.52. The van der Waals surface area contributed by atoms with E-state index in [1.165, 1.54) is 29.9 Å². The van der Waals surface area contributed by atoms with Gasteiger partial charge in [0.2, 0.25) is 15.9 Å². The molecule has 0 atom stereocenters. The van der Waals surface area contributed by atoms with Crippen LogP contribution in [0.2, 0.25) is 5.02 Å². The van der Waals surface area contributed by atoms with Gasteiger partial charge < -0.3 is 10.1 Å². The number of carbonyl (C=O) groups excluding carboxylic acids is 1. The number of nitrogens with one attached hydrogen (secondary N) is 1. The highest BCUT2D eigenvalue weighted by Crippen LogP contribution is 2.30. The number of rotatable bonds is 5.